The van der Waals surface area contributed by atoms with Crippen LogP contribution in [0.4, 0.5) is 23.0 Å². The molecule has 0 saturated heterocycles. The van der Waals surface area contributed by atoms with Crippen LogP contribution in [-0.2, 0) is 49.1 Å². The van der Waals surface area contributed by atoms with Gasteiger partial charge in [-0.3, -0.25) is 38.4 Å². The van der Waals surface area contributed by atoms with Gasteiger partial charge in [0.1, 0.15) is 11.4 Å². The van der Waals surface area contributed by atoms with Gasteiger partial charge in [0.25, 0.3) is 29.5 Å². The molecule has 27 nitrogen and oxygen atoms in total. The number of unbranched alkanes of at least 4 members (excludes halogenated alkanes) is 3. The first-order chi connectivity index (χ1) is 32.5. The predicted octanol–water partition coefficient (Wildman–Crippen LogP) is 2.12. The van der Waals surface area contributed by atoms with Crippen LogP contribution in [0.25, 0.3) is 10.4 Å². The van der Waals surface area contributed by atoms with Crippen molar-refractivity contribution in [2.24, 2.45) is 33.3 Å². The van der Waals surface area contributed by atoms with E-state index in [0.717, 1.165) is 12.8 Å². The van der Waals surface area contributed by atoms with Crippen LogP contribution in [-0.4, -0.2) is 116 Å². The number of amides is 7. The van der Waals surface area contributed by atoms with Crippen LogP contribution in [0.2, 0.25) is 0 Å². The Morgan fingerprint density at radius 2 is 1.13 bits per heavy atom. The van der Waals surface area contributed by atoms with Crippen molar-refractivity contribution < 1.29 is 43.5 Å². The van der Waals surface area contributed by atoms with Crippen molar-refractivity contribution in [1.82, 2.24) is 53.7 Å². The van der Waals surface area contributed by atoms with E-state index in [-0.39, 0.29) is 85.1 Å². The number of carboxylic acid groups (broad SMARTS) is 1. The number of imidazole rings is 3. The lowest BCUT2D eigenvalue weighted by Gasteiger charge is -2.09. The first-order valence-corrected chi connectivity index (χ1v) is 21.2. The Hall–Kier alpha value is -8.74. The highest BCUT2D eigenvalue weighted by atomic mass is 16.4. The monoisotopic (exact) mass is 940 g/mol. The maximum Gasteiger partial charge on any atom is 0.305 e. The molecule has 360 valence electrons. The molecule has 0 radical (unpaired) electrons. The van der Waals surface area contributed by atoms with Crippen molar-refractivity contribution in [3.63, 3.8) is 0 Å². The second kappa shape index (κ2) is 24.0. The summed E-state index contributed by atoms with van der Waals surface area (Å²) in [6, 6.07) is 2.97. The highest BCUT2D eigenvalue weighted by Crippen LogP contribution is 2.19. The molecule has 5 aromatic rings. The number of carboxylic acids is 1. The van der Waals surface area contributed by atoms with Crippen LogP contribution in [0.1, 0.15) is 97.8 Å². The molecule has 8 N–H and O–H groups in total. The van der Waals surface area contributed by atoms with Crippen LogP contribution in [0.3, 0.4) is 0 Å². The van der Waals surface area contributed by atoms with E-state index in [0.29, 0.717) is 31.6 Å². The number of anilines is 4. The number of nitrogens with one attached hydrogen (secondary N) is 7. The molecule has 7 amide bonds. The fourth-order valence-corrected chi connectivity index (χ4v) is 6.64. The van der Waals surface area contributed by atoms with Gasteiger partial charge in [-0.2, -0.15) is 0 Å². The van der Waals surface area contributed by atoms with Gasteiger partial charge in [-0.05, 0) is 30.5 Å². The Bertz CT molecular complexity index is 2720. The summed E-state index contributed by atoms with van der Waals surface area (Å²) in [6.45, 7) is 0.545. The molecule has 0 unspecified atom stereocenters. The molecule has 5 aromatic heterocycles. The standard InChI is InChI=1S/C41H52N18O9/c1-55-18-16-43-34(55)40(67)48-25-19-27(56(2)21-25)37(64)44-13-9-31(60)51-30-24-58(4)36(53-30)41(68)49-26-20-28(59(22-26)17-8-6-5-7-12-47-54-42)38(65)45-14-10-32(61)50-29-23-57(3)35(52-29)39(66)46-15-11-33(62)63/h16,18-24H,5-15,17H2,1-4H3,(H,44,64)(H,45,65)(H,46,66)(H,48,67)(H,49,68)(H,50,61)(H,51,60)(H,62,63). The third kappa shape index (κ3) is 14.4. The van der Waals surface area contributed by atoms with Gasteiger partial charge in [-0.25, -0.2) is 15.0 Å². The Morgan fingerprint density at radius 1 is 0.603 bits per heavy atom. The fraction of sp³-hybridized carbons (Fsp3) is 0.390. The second-order valence-electron chi connectivity index (χ2n) is 15.3. The molecule has 27 heteroatoms. The van der Waals surface area contributed by atoms with Gasteiger partial charge in [-0.15, -0.1) is 0 Å². The first kappa shape index (κ1) is 50.3. The highest BCUT2D eigenvalue weighted by molar-refractivity contribution is 6.04. The van der Waals surface area contributed by atoms with Crippen LogP contribution in [0.5, 0.6) is 0 Å². The van der Waals surface area contributed by atoms with Gasteiger partial charge in [0.15, 0.2) is 17.5 Å². The summed E-state index contributed by atoms with van der Waals surface area (Å²) < 4.78 is 7.52. The lowest BCUT2D eigenvalue weighted by Crippen LogP contribution is -2.29. The summed E-state index contributed by atoms with van der Waals surface area (Å²) in [5.74, 6) is -4.55. The number of rotatable bonds is 25. The number of aryl methyl sites for hydroxylation is 5. The zero-order chi connectivity index (χ0) is 49.3. The largest absolute Gasteiger partial charge is 0.481 e. The Morgan fingerprint density at radius 3 is 1.72 bits per heavy atom. The minimum atomic E-state index is -1.07. The van der Waals surface area contributed by atoms with Gasteiger partial charge in [-0.1, -0.05) is 18.0 Å². The van der Waals surface area contributed by atoms with E-state index in [9.17, 15) is 38.4 Å². The molecule has 0 aliphatic rings. The smallest absolute Gasteiger partial charge is 0.305 e. The quantitative estimate of drug-likeness (QED) is 0.0181. The third-order valence-corrected chi connectivity index (χ3v) is 9.97. The first-order valence-electron chi connectivity index (χ1n) is 21.2. The number of carbonyl (C=O) groups excluding carboxylic acids is 7. The zero-order valence-corrected chi connectivity index (χ0v) is 37.7. The van der Waals surface area contributed by atoms with Crippen molar-refractivity contribution in [3.8, 4) is 0 Å². The SMILES string of the molecule is Cn1cc(NC(=O)c2nccn2C)cc1C(=O)NCCC(=O)Nc1cn(C)c(C(=O)Nc2cc(C(=O)NCCC(=O)Nc3cn(C)c(C(=O)NCCC(=O)O)n3)n(CCCCCCN=[N+]=[N-])c2)n1. The number of carbonyl (C=O) groups is 8. The molecule has 0 atom stereocenters. The lowest BCUT2D eigenvalue weighted by atomic mass is 10.2. The molecule has 0 saturated carbocycles. The normalized spacial score (nSPS) is 10.7. The summed E-state index contributed by atoms with van der Waals surface area (Å²) in [5.41, 5.74) is 9.60. The molecule has 5 rings (SSSR count). The predicted molar refractivity (Wildman–Crippen MR) is 244 cm³/mol. The van der Waals surface area contributed by atoms with Gasteiger partial charge in [0, 0.05) is 116 Å². The molecule has 5 heterocycles. The average molecular weight is 941 g/mol. The van der Waals surface area contributed by atoms with E-state index < -0.39 is 47.3 Å². The number of hydrogen-bond acceptors (Lipinski definition) is 12. The zero-order valence-electron chi connectivity index (χ0n) is 37.7. The topological polar surface area (TPSA) is 353 Å². The fourth-order valence-electron chi connectivity index (χ4n) is 6.64. The van der Waals surface area contributed by atoms with E-state index in [4.69, 9.17) is 10.6 Å². The number of hydrogen-bond donors (Lipinski definition) is 8. The van der Waals surface area contributed by atoms with Crippen LogP contribution < -0.4 is 37.2 Å². The number of nitrogens with zero attached hydrogens (tertiary/aromatic N) is 11. The minimum Gasteiger partial charge on any atom is -0.481 e. The van der Waals surface area contributed by atoms with Gasteiger partial charge in [0.2, 0.25) is 23.5 Å². The van der Waals surface area contributed by atoms with E-state index in [1.807, 2.05) is 0 Å². The lowest BCUT2D eigenvalue weighted by molar-refractivity contribution is -0.136. The molecule has 0 spiro atoms. The highest BCUT2D eigenvalue weighted by Gasteiger charge is 2.21. The van der Waals surface area contributed by atoms with Gasteiger partial charge in [0.05, 0.1) is 17.8 Å². The van der Waals surface area contributed by atoms with Crippen molar-refractivity contribution in [1.29, 1.82) is 0 Å². The van der Waals surface area contributed by atoms with Crippen molar-refractivity contribution in [2.75, 3.05) is 47.4 Å². The van der Waals surface area contributed by atoms with E-state index in [1.165, 1.54) is 51.5 Å². The molecule has 0 aliphatic carbocycles. The number of aliphatic carboxylic acids is 1. The number of azide groups is 1. The second-order valence-corrected chi connectivity index (χ2v) is 15.3. The van der Waals surface area contributed by atoms with Crippen molar-refractivity contribution in [3.05, 3.63) is 88.6 Å². The molecule has 0 aliphatic heterocycles. The maximum absolute atomic E-state index is 13.5. The molecular formula is C41H52N18O9. The maximum atomic E-state index is 13.5. The number of aromatic nitrogens is 8. The summed E-state index contributed by atoms with van der Waals surface area (Å²) >= 11 is 0. The summed E-state index contributed by atoms with van der Waals surface area (Å²) in [5, 5.41) is 30.8. The van der Waals surface area contributed by atoms with Crippen LogP contribution in [0, 0.1) is 0 Å². The summed E-state index contributed by atoms with van der Waals surface area (Å²) in [7, 11) is 6.41. The van der Waals surface area contributed by atoms with E-state index >= 15 is 0 Å². The molecule has 0 fully saturated rings. The summed E-state index contributed by atoms with van der Waals surface area (Å²) in [6.07, 6.45) is 11.5. The molecule has 0 bridgehead atoms. The molecule has 0 aromatic carbocycles. The Kier molecular flexibility index (Phi) is 17.7. The van der Waals surface area contributed by atoms with Gasteiger partial charge < -0.3 is 65.2 Å². The summed E-state index contributed by atoms with van der Waals surface area (Å²) in [4.78, 5) is 116. The van der Waals surface area contributed by atoms with Crippen molar-refractivity contribution >= 4 is 70.3 Å². The van der Waals surface area contributed by atoms with Crippen LogP contribution in [0.15, 0.2) is 54.4 Å². The van der Waals surface area contributed by atoms with E-state index in [2.05, 4.69) is 62.2 Å². The average Bonchev–Trinajstić information content (AvgIpc) is 4.12. The van der Waals surface area contributed by atoms with E-state index in [1.54, 1.807) is 48.9 Å². The third-order valence-electron chi connectivity index (χ3n) is 9.97. The van der Waals surface area contributed by atoms with Crippen molar-refractivity contribution in [2.45, 2.75) is 51.5 Å². The molecule has 68 heavy (non-hydrogen) atoms. The molecular weight excluding hydrogens is 889 g/mol. The Labute approximate surface area is 387 Å². The van der Waals surface area contributed by atoms with Gasteiger partial charge >= 0.3 is 5.97 Å². The Balaban J connectivity index is 1.13. The minimum absolute atomic E-state index is 0.0338. The van der Waals surface area contributed by atoms with Crippen LogP contribution >= 0.6 is 0 Å².